The molecular weight excluding hydrogens is 222 g/mol. The molecule has 0 unspecified atom stereocenters. The summed E-state index contributed by atoms with van der Waals surface area (Å²) in [6.07, 6.45) is 0. The van der Waals surface area contributed by atoms with E-state index >= 15 is 0 Å². The van der Waals surface area contributed by atoms with Gasteiger partial charge < -0.3 is 15.5 Å². The number of likely N-dealkylation sites (N-methyl/N-ethyl adjacent to an activating group) is 1. The van der Waals surface area contributed by atoms with Crippen LogP contribution in [0.2, 0.25) is 0 Å². The summed E-state index contributed by atoms with van der Waals surface area (Å²) >= 11 is 0. The van der Waals surface area contributed by atoms with Gasteiger partial charge in [-0.25, -0.2) is 0 Å². The van der Waals surface area contributed by atoms with Crippen LogP contribution in [0.15, 0.2) is 18.2 Å². The van der Waals surface area contributed by atoms with E-state index in [0.29, 0.717) is 0 Å². The van der Waals surface area contributed by atoms with Crippen LogP contribution in [0.3, 0.4) is 0 Å². The van der Waals surface area contributed by atoms with Crippen molar-refractivity contribution in [1.82, 2.24) is 4.90 Å². The second-order valence-electron chi connectivity index (χ2n) is 6.31. The lowest BCUT2D eigenvalue weighted by molar-refractivity contribution is 0.313. The second kappa shape index (κ2) is 4.81. The summed E-state index contributed by atoms with van der Waals surface area (Å²) < 4.78 is 0. The van der Waals surface area contributed by atoms with Gasteiger partial charge >= 0.3 is 0 Å². The molecule has 1 saturated heterocycles. The molecule has 1 aliphatic heterocycles. The molecule has 3 heteroatoms. The highest BCUT2D eigenvalue weighted by Gasteiger charge is 2.19. The van der Waals surface area contributed by atoms with Gasteiger partial charge in [-0.2, -0.15) is 0 Å². The van der Waals surface area contributed by atoms with E-state index in [-0.39, 0.29) is 5.41 Å². The Morgan fingerprint density at radius 3 is 2.17 bits per heavy atom. The molecule has 0 radical (unpaired) electrons. The van der Waals surface area contributed by atoms with Crippen LogP contribution in [0.5, 0.6) is 0 Å². The Morgan fingerprint density at radius 2 is 1.67 bits per heavy atom. The molecule has 0 spiro atoms. The maximum absolute atomic E-state index is 6.20. The fourth-order valence-corrected chi connectivity index (χ4v) is 2.49. The van der Waals surface area contributed by atoms with Crippen LogP contribution >= 0.6 is 0 Å². The van der Waals surface area contributed by atoms with Gasteiger partial charge in [0, 0.05) is 37.6 Å². The maximum atomic E-state index is 6.20. The minimum atomic E-state index is 0.116. The van der Waals surface area contributed by atoms with Crippen LogP contribution in [0.25, 0.3) is 0 Å². The molecule has 0 aromatic heterocycles. The van der Waals surface area contributed by atoms with Crippen molar-refractivity contribution in [3.63, 3.8) is 0 Å². The molecule has 1 aromatic rings. The number of nitrogens with zero attached hydrogens (tertiary/aromatic N) is 2. The highest BCUT2D eigenvalue weighted by atomic mass is 15.2. The van der Waals surface area contributed by atoms with Gasteiger partial charge in [-0.15, -0.1) is 0 Å². The summed E-state index contributed by atoms with van der Waals surface area (Å²) in [6, 6.07) is 6.52. The summed E-state index contributed by atoms with van der Waals surface area (Å²) in [4.78, 5) is 4.78. The predicted molar refractivity (Wildman–Crippen MR) is 79.3 cm³/mol. The molecule has 100 valence electrons. The number of benzene rings is 1. The van der Waals surface area contributed by atoms with Gasteiger partial charge in [-0.3, -0.25) is 0 Å². The fraction of sp³-hybridized carbons (Fsp3) is 0.600. The van der Waals surface area contributed by atoms with Crippen molar-refractivity contribution in [2.45, 2.75) is 26.2 Å². The van der Waals surface area contributed by atoms with Crippen LogP contribution in [0, 0.1) is 0 Å². The van der Waals surface area contributed by atoms with Gasteiger partial charge in [0.05, 0.1) is 0 Å². The monoisotopic (exact) mass is 247 g/mol. The Bertz CT molecular complexity index is 412. The van der Waals surface area contributed by atoms with E-state index in [1.807, 2.05) is 0 Å². The van der Waals surface area contributed by atoms with E-state index < -0.39 is 0 Å². The summed E-state index contributed by atoms with van der Waals surface area (Å²) in [5, 5.41) is 0. The minimum absolute atomic E-state index is 0.116. The molecule has 1 aliphatic rings. The van der Waals surface area contributed by atoms with E-state index in [9.17, 15) is 0 Å². The third kappa shape index (κ3) is 2.78. The van der Waals surface area contributed by atoms with Gasteiger partial charge in [0.25, 0.3) is 0 Å². The molecule has 2 N–H and O–H groups in total. The SMILES string of the molecule is CN1CCN(c2ccc(C(C)(C)C)c(N)c2)CC1. The lowest BCUT2D eigenvalue weighted by atomic mass is 9.85. The van der Waals surface area contributed by atoms with Gasteiger partial charge in [0.2, 0.25) is 0 Å². The first kappa shape index (κ1) is 13.2. The number of anilines is 2. The predicted octanol–water partition coefficient (Wildman–Crippen LogP) is 2.32. The first-order chi connectivity index (χ1) is 8.38. The number of hydrogen-bond donors (Lipinski definition) is 1. The molecule has 0 aliphatic carbocycles. The molecule has 1 aromatic carbocycles. The Hall–Kier alpha value is -1.22. The third-order valence-corrected chi connectivity index (χ3v) is 3.71. The van der Waals surface area contributed by atoms with E-state index in [1.54, 1.807) is 0 Å². The van der Waals surface area contributed by atoms with Crippen LogP contribution in [0.4, 0.5) is 11.4 Å². The average molecular weight is 247 g/mol. The second-order valence-corrected chi connectivity index (χ2v) is 6.31. The smallest absolute Gasteiger partial charge is 0.0387 e. The molecular formula is C15H25N3. The van der Waals surface area contributed by atoms with Crippen LogP contribution < -0.4 is 10.6 Å². The van der Waals surface area contributed by atoms with Crippen molar-refractivity contribution in [3.8, 4) is 0 Å². The van der Waals surface area contributed by atoms with Crippen molar-refractivity contribution in [3.05, 3.63) is 23.8 Å². The number of nitrogen functional groups attached to an aromatic ring is 1. The lowest BCUT2D eigenvalue weighted by Crippen LogP contribution is -2.44. The average Bonchev–Trinajstić information content (AvgIpc) is 2.28. The van der Waals surface area contributed by atoms with Crippen molar-refractivity contribution < 1.29 is 0 Å². The number of piperazine rings is 1. The first-order valence-electron chi connectivity index (χ1n) is 6.71. The lowest BCUT2D eigenvalue weighted by Gasteiger charge is -2.34. The maximum Gasteiger partial charge on any atom is 0.0387 e. The zero-order valence-electron chi connectivity index (χ0n) is 12.0. The normalized spacial score (nSPS) is 18.1. The minimum Gasteiger partial charge on any atom is -0.398 e. The van der Waals surface area contributed by atoms with Crippen LogP contribution in [-0.4, -0.2) is 38.1 Å². The highest BCUT2D eigenvalue weighted by molar-refractivity contribution is 5.62. The molecule has 1 heterocycles. The molecule has 18 heavy (non-hydrogen) atoms. The van der Waals surface area contributed by atoms with E-state index in [1.165, 1.54) is 11.3 Å². The molecule has 2 rings (SSSR count). The van der Waals surface area contributed by atoms with Crippen molar-refractivity contribution in [2.75, 3.05) is 43.9 Å². The summed E-state index contributed by atoms with van der Waals surface area (Å²) in [6.45, 7) is 11.0. The molecule has 0 bridgehead atoms. The Kier molecular flexibility index (Phi) is 3.53. The van der Waals surface area contributed by atoms with Gasteiger partial charge in [0.1, 0.15) is 0 Å². The van der Waals surface area contributed by atoms with E-state index in [2.05, 4.69) is 55.8 Å². The van der Waals surface area contributed by atoms with Crippen LogP contribution in [-0.2, 0) is 5.41 Å². The highest BCUT2D eigenvalue weighted by Crippen LogP contribution is 2.31. The van der Waals surface area contributed by atoms with Gasteiger partial charge in [0.15, 0.2) is 0 Å². The molecule has 0 saturated carbocycles. The zero-order valence-corrected chi connectivity index (χ0v) is 12.0. The Morgan fingerprint density at radius 1 is 1.06 bits per heavy atom. The number of nitrogens with two attached hydrogens (primary N) is 1. The molecule has 3 nitrogen and oxygen atoms in total. The standard InChI is InChI=1S/C15H25N3/c1-15(2,3)13-6-5-12(11-14(13)16)18-9-7-17(4)8-10-18/h5-6,11H,7-10,16H2,1-4H3. The molecule has 1 fully saturated rings. The largest absolute Gasteiger partial charge is 0.398 e. The zero-order chi connectivity index (χ0) is 13.3. The van der Waals surface area contributed by atoms with Crippen molar-refractivity contribution in [1.29, 1.82) is 0 Å². The van der Waals surface area contributed by atoms with E-state index in [0.717, 1.165) is 31.9 Å². The summed E-state index contributed by atoms with van der Waals surface area (Å²) in [7, 11) is 2.18. The molecule has 0 atom stereocenters. The quantitative estimate of drug-likeness (QED) is 0.773. The summed E-state index contributed by atoms with van der Waals surface area (Å²) in [5.74, 6) is 0. The summed E-state index contributed by atoms with van der Waals surface area (Å²) in [5.41, 5.74) is 9.73. The first-order valence-corrected chi connectivity index (χ1v) is 6.71. The fourth-order valence-electron chi connectivity index (χ4n) is 2.49. The molecule has 0 amide bonds. The third-order valence-electron chi connectivity index (χ3n) is 3.71. The van der Waals surface area contributed by atoms with Gasteiger partial charge in [-0.1, -0.05) is 26.8 Å². The van der Waals surface area contributed by atoms with Crippen molar-refractivity contribution in [2.24, 2.45) is 0 Å². The van der Waals surface area contributed by atoms with Gasteiger partial charge in [-0.05, 0) is 30.2 Å². The topological polar surface area (TPSA) is 32.5 Å². The number of rotatable bonds is 1. The van der Waals surface area contributed by atoms with Crippen molar-refractivity contribution >= 4 is 11.4 Å². The van der Waals surface area contributed by atoms with E-state index in [4.69, 9.17) is 5.73 Å². The Balaban J connectivity index is 2.19. The van der Waals surface area contributed by atoms with Crippen LogP contribution in [0.1, 0.15) is 26.3 Å². The number of hydrogen-bond acceptors (Lipinski definition) is 3. The Labute approximate surface area is 111 Å².